The summed E-state index contributed by atoms with van der Waals surface area (Å²) >= 11 is 1.54. The Morgan fingerprint density at radius 1 is 1.22 bits per heavy atom. The summed E-state index contributed by atoms with van der Waals surface area (Å²) in [4.78, 5) is 28.0. The Morgan fingerprint density at radius 3 is 2.89 bits per heavy atom. The van der Waals surface area contributed by atoms with Gasteiger partial charge in [0.25, 0.3) is 11.4 Å². The second-order valence-corrected chi connectivity index (χ2v) is 6.36. The number of furan rings is 1. The molecule has 0 saturated heterocycles. The number of nitrogens with zero attached hydrogens (tertiary/aromatic N) is 3. The highest BCUT2D eigenvalue weighted by Gasteiger charge is 2.14. The van der Waals surface area contributed by atoms with Gasteiger partial charge in [-0.25, -0.2) is 4.79 Å². The maximum absolute atomic E-state index is 12.2. The second kappa shape index (κ2) is 7.04. The fourth-order valence-corrected chi connectivity index (χ4v) is 3.11. The van der Waals surface area contributed by atoms with E-state index >= 15 is 0 Å². The van der Waals surface area contributed by atoms with Gasteiger partial charge in [0.2, 0.25) is 11.6 Å². The van der Waals surface area contributed by atoms with Crippen molar-refractivity contribution < 1.29 is 18.5 Å². The minimum Gasteiger partial charge on any atom is -0.463 e. The molecule has 9 heteroatoms. The molecule has 0 aliphatic carbocycles. The number of ether oxygens (including phenoxy) is 1. The van der Waals surface area contributed by atoms with E-state index in [1.807, 2.05) is 16.8 Å². The van der Waals surface area contributed by atoms with Crippen molar-refractivity contribution in [3.05, 3.63) is 69.2 Å². The SMILES string of the molecule is COC(=O)c1ccc(Cn2cc(-c3nc(-c4ccsc4)no3)ccc2=O)o1. The van der Waals surface area contributed by atoms with Crippen LogP contribution in [0.1, 0.15) is 16.3 Å². The molecule has 0 saturated carbocycles. The number of hydrogen-bond acceptors (Lipinski definition) is 8. The molecule has 0 spiro atoms. The molecule has 0 radical (unpaired) electrons. The van der Waals surface area contributed by atoms with Crippen molar-refractivity contribution in [3.63, 3.8) is 0 Å². The standard InChI is InChI=1S/C18H13N3O5S/c1-24-18(23)14-4-3-13(25-14)9-21-8-11(2-5-15(21)22)17-19-16(20-26-17)12-6-7-27-10-12/h2-8,10H,9H2,1H3. The highest BCUT2D eigenvalue weighted by Crippen LogP contribution is 2.23. The van der Waals surface area contributed by atoms with Gasteiger partial charge < -0.3 is 18.2 Å². The van der Waals surface area contributed by atoms with Crippen LogP contribution >= 0.6 is 11.3 Å². The number of methoxy groups -OCH3 is 1. The molecule has 4 heterocycles. The lowest BCUT2D eigenvalue weighted by Crippen LogP contribution is -2.18. The minimum absolute atomic E-state index is 0.0778. The van der Waals surface area contributed by atoms with Gasteiger partial charge in [-0.3, -0.25) is 4.79 Å². The number of rotatable bonds is 5. The van der Waals surface area contributed by atoms with Crippen LogP contribution in [0.5, 0.6) is 0 Å². The van der Waals surface area contributed by atoms with Gasteiger partial charge in [0.15, 0.2) is 0 Å². The summed E-state index contributed by atoms with van der Waals surface area (Å²) in [5, 5.41) is 7.82. The first-order chi connectivity index (χ1) is 13.1. The summed E-state index contributed by atoms with van der Waals surface area (Å²) in [6.07, 6.45) is 1.60. The number of hydrogen-bond donors (Lipinski definition) is 0. The number of thiophene rings is 1. The molecule has 0 atom stereocenters. The number of esters is 1. The zero-order valence-corrected chi connectivity index (χ0v) is 14.9. The molecule has 136 valence electrons. The van der Waals surface area contributed by atoms with Gasteiger partial charge in [-0.15, -0.1) is 0 Å². The Labute approximate surface area is 156 Å². The molecule has 0 aliphatic heterocycles. The Balaban J connectivity index is 1.61. The van der Waals surface area contributed by atoms with Crippen LogP contribution in [0.3, 0.4) is 0 Å². The quantitative estimate of drug-likeness (QED) is 0.488. The molecule has 4 aromatic heterocycles. The fourth-order valence-electron chi connectivity index (χ4n) is 2.47. The minimum atomic E-state index is -0.575. The van der Waals surface area contributed by atoms with Crippen LogP contribution < -0.4 is 5.56 Å². The summed E-state index contributed by atoms with van der Waals surface area (Å²) in [6.45, 7) is 0.148. The first kappa shape index (κ1) is 17.0. The molecule has 0 amide bonds. The molecular weight excluding hydrogens is 370 g/mol. The van der Waals surface area contributed by atoms with Crippen LogP contribution in [0.25, 0.3) is 22.8 Å². The van der Waals surface area contributed by atoms with Gasteiger partial charge in [-0.05, 0) is 29.6 Å². The van der Waals surface area contributed by atoms with Crippen LogP contribution in [0.15, 0.2) is 61.0 Å². The van der Waals surface area contributed by atoms with Crippen LogP contribution in [-0.4, -0.2) is 27.8 Å². The fraction of sp³-hybridized carbons (Fsp3) is 0.111. The van der Waals surface area contributed by atoms with Crippen LogP contribution in [0.4, 0.5) is 0 Å². The topological polar surface area (TPSA) is 100 Å². The van der Waals surface area contributed by atoms with Crippen molar-refractivity contribution in [2.24, 2.45) is 0 Å². The van der Waals surface area contributed by atoms with E-state index in [4.69, 9.17) is 8.94 Å². The average molecular weight is 383 g/mol. The first-order valence-corrected chi connectivity index (χ1v) is 8.82. The summed E-state index contributed by atoms with van der Waals surface area (Å²) in [5.41, 5.74) is 1.24. The van der Waals surface area contributed by atoms with Crippen molar-refractivity contribution in [1.29, 1.82) is 0 Å². The zero-order valence-electron chi connectivity index (χ0n) is 14.1. The third-order valence-corrected chi connectivity index (χ3v) is 4.49. The van der Waals surface area contributed by atoms with Gasteiger partial charge in [0, 0.05) is 23.2 Å². The smallest absolute Gasteiger partial charge is 0.373 e. The third kappa shape index (κ3) is 3.44. The Kier molecular flexibility index (Phi) is 4.43. The van der Waals surface area contributed by atoms with E-state index in [9.17, 15) is 9.59 Å². The van der Waals surface area contributed by atoms with Crippen LogP contribution in [0.2, 0.25) is 0 Å². The monoisotopic (exact) mass is 383 g/mol. The molecule has 0 fully saturated rings. The van der Waals surface area contributed by atoms with Crippen LogP contribution in [-0.2, 0) is 11.3 Å². The van der Waals surface area contributed by atoms with Gasteiger partial charge >= 0.3 is 5.97 Å². The Bertz CT molecular complexity index is 1140. The highest BCUT2D eigenvalue weighted by molar-refractivity contribution is 7.08. The lowest BCUT2D eigenvalue weighted by Gasteiger charge is -2.04. The lowest BCUT2D eigenvalue weighted by molar-refractivity contribution is 0.0563. The molecular formula is C18H13N3O5S. The normalized spacial score (nSPS) is 10.9. The van der Waals surface area contributed by atoms with E-state index in [0.29, 0.717) is 23.0 Å². The molecule has 4 rings (SSSR count). The molecule has 0 aromatic carbocycles. The van der Waals surface area contributed by atoms with Crippen molar-refractivity contribution in [2.75, 3.05) is 7.11 Å². The molecule has 27 heavy (non-hydrogen) atoms. The van der Waals surface area contributed by atoms with Gasteiger partial charge in [-0.2, -0.15) is 16.3 Å². The van der Waals surface area contributed by atoms with Crippen molar-refractivity contribution in [2.45, 2.75) is 6.54 Å². The predicted octanol–water partition coefficient (Wildman–Crippen LogP) is 3.05. The van der Waals surface area contributed by atoms with E-state index in [0.717, 1.165) is 5.56 Å². The van der Waals surface area contributed by atoms with E-state index in [1.165, 1.54) is 23.8 Å². The predicted molar refractivity (Wildman–Crippen MR) is 96.5 cm³/mol. The van der Waals surface area contributed by atoms with Gasteiger partial charge in [0.05, 0.1) is 19.2 Å². The van der Waals surface area contributed by atoms with E-state index in [-0.39, 0.29) is 17.9 Å². The number of pyridine rings is 1. The number of carbonyl (C=O) groups excluding carboxylic acids is 1. The molecule has 0 aliphatic rings. The first-order valence-electron chi connectivity index (χ1n) is 7.88. The number of aromatic nitrogens is 3. The summed E-state index contributed by atoms with van der Waals surface area (Å²) < 4.78 is 16.8. The largest absolute Gasteiger partial charge is 0.463 e. The van der Waals surface area contributed by atoms with Crippen molar-refractivity contribution >= 4 is 17.3 Å². The number of carbonyl (C=O) groups is 1. The van der Waals surface area contributed by atoms with Crippen molar-refractivity contribution in [1.82, 2.24) is 14.7 Å². The van der Waals surface area contributed by atoms with Gasteiger partial charge in [-0.1, -0.05) is 5.16 Å². The molecule has 4 aromatic rings. The average Bonchev–Trinajstić information content (AvgIpc) is 3.43. The molecule has 0 bridgehead atoms. The summed E-state index contributed by atoms with van der Waals surface area (Å²) in [5.74, 6) is 0.736. The zero-order chi connectivity index (χ0) is 18.8. The van der Waals surface area contributed by atoms with Crippen molar-refractivity contribution in [3.8, 4) is 22.8 Å². The van der Waals surface area contributed by atoms with E-state index in [2.05, 4.69) is 14.9 Å². The summed E-state index contributed by atoms with van der Waals surface area (Å²) in [7, 11) is 1.27. The Hall–Kier alpha value is -3.46. The third-order valence-electron chi connectivity index (χ3n) is 3.81. The molecule has 0 unspecified atom stereocenters. The lowest BCUT2D eigenvalue weighted by atomic mass is 10.2. The molecule has 0 N–H and O–H groups in total. The van der Waals surface area contributed by atoms with E-state index < -0.39 is 5.97 Å². The van der Waals surface area contributed by atoms with Gasteiger partial charge in [0.1, 0.15) is 5.76 Å². The molecule has 8 nitrogen and oxygen atoms in total. The maximum atomic E-state index is 12.2. The highest BCUT2D eigenvalue weighted by atomic mass is 32.1. The van der Waals surface area contributed by atoms with Crippen LogP contribution in [0, 0.1) is 0 Å². The maximum Gasteiger partial charge on any atom is 0.373 e. The Morgan fingerprint density at radius 2 is 2.11 bits per heavy atom. The summed E-state index contributed by atoms with van der Waals surface area (Å²) in [6, 6.07) is 8.05. The van der Waals surface area contributed by atoms with E-state index in [1.54, 1.807) is 29.7 Å². The second-order valence-electron chi connectivity index (χ2n) is 5.58.